The molecule has 0 saturated carbocycles. The number of carbonyl (C=O) groups excluding carboxylic acids is 2. The van der Waals surface area contributed by atoms with E-state index in [0.717, 1.165) is 12.1 Å². The Kier molecular flexibility index (Phi) is 7.21. The number of ether oxygens (including phenoxy) is 1. The maximum Gasteiger partial charge on any atom is 0.338 e. The molecule has 0 spiro atoms. The molecule has 1 atom stereocenters. The smallest absolute Gasteiger partial charge is 0.338 e. The first-order valence-corrected chi connectivity index (χ1v) is 8.95. The molecule has 0 heterocycles. The van der Waals surface area contributed by atoms with Crippen molar-refractivity contribution in [3.8, 4) is 0 Å². The molecule has 5 nitrogen and oxygen atoms in total. The van der Waals surface area contributed by atoms with E-state index in [1.807, 2.05) is 18.2 Å². The highest BCUT2D eigenvalue weighted by molar-refractivity contribution is 5.95. The molecule has 0 unspecified atom stereocenters. The zero-order chi connectivity index (χ0) is 18.9. The molecule has 26 heavy (non-hydrogen) atoms. The van der Waals surface area contributed by atoms with Gasteiger partial charge in [0.05, 0.1) is 18.7 Å². The average Bonchev–Trinajstić information content (AvgIpc) is 2.66. The van der Waals surface area contributed by atoms with E-state index in [-0.39, 0.29) is 18.4 Å². The first kappa shape index (κ1) is 19.5. The van der Waals surface area contributed by atoms with Crippen LogP contribution in [0.1, 0.15) is 49.0 Å². The predicted molar refractivity (Wildman–Crippen MR) is 105 cm³/mol. The highest BCUT2D eigenvalue weighted by Gasteiger charge is 2.10. The monoisotopic (exact) mass is 354 g/mol. The first-order valence-electron chi connectivity index (χ1n) is 8.95. The minimum Gasteiger partial charge on any atom is -0.462 e. The average molecular weight is 354 g/mol. The van der Waals surface area contributed by atoms with Crippen molar-refractivity contribution in [3.05, 3.63) is 59.7 Å². The van der Waals surface area contributed by atoms with Crippen LogP contribution in [0.15, 0.2) is 48.5 Å². The van der Waals surface area contributed by atoms with Crippen LogP contribution in [0.25, 0.3) is 0 Å². The number of esters is 1. The molecule has 0 aromatic heterocycles. The van der Waals surface area contributed by atoms with Crippen LogP contribution in [-0.4, -0.2) is 25.0 Å². The molecule has 138 valence electrons. The highest BCUT2D eigenvalue weighted by Crippen LogP contribution is 2.26. The largest absolute Gasteiger partial charge is 0.462 e. The molecule has 1 amide bonds. The van der Waals surface area contributed by atoms with Gasteiger partial charge in [-0.2, -0.15) is 0 Å². The van der Waals surface area contributed by atoms with Crippen molar-refractivity contribution in [1.29, 1.82) is 0 Å². The molecule has 2 rings (SSSR count). The molecule has 0 aliphatic heterocycles. The maximum absolute atomic E-state index is 12.2. The van der Waals surface area contributed by atoms with E-state index in [1.54, 1.807) is 31.2 Å². The lowest BCUT2D eigenvalue weighted by atomic mass is 9.97. The van der Waals surface area contributed by atoms with E-state index in [4.69, 9.17) is 4.74 Å². The van der Waals surface area contributed by atoms with E-state index in [2.05, 4.69) is 30.5 Å². The van der Waals surface area contributed by atoms with Crippen LogP contribution in [0.3, 0.4) is 0 Å². The second kappa shape index (κ2) is 9.61. The molecule has 2 aromatic rings. The number of rotatable bonds is 8. The molecule has 5 heteroatoms. The number of hydrogen-bond acceptors (Lipinski definition) is 4. The molecule has 0 saturated heterocycles. The van der Waals surface area contributed by atoms with Crippen molar-refractivity contribution in [3.63, 3.8) is 0 Å². The van der Waals surface area contributed by atoms with Gasteiger partial charge in [0.25, 0.3) is 0 Å². The number of hydrogen-bond donors (Lipinski definition) is 2. The molecule has 2 N–H and O–H groups in total. The summed E-state index contributed by atoms with van der Waals surface area (Å²) in [5.41, 5.74) is 3.29. The van der Waals surface area contributed by atoms with Gasteiger partial charge in [-0.15, -0.1) is 0 Å². The van der Waals surface area contributed by atoms with Gasteiger partial charge < -0.3 is 15.4 Å². The summed E-state index contributed by atoms with van der Waals surface area (Å²) in [6.45, 7) is 6.59. The van der Waals surface area contributed by atoms with Gasteiger partial charge >= 0.3 is 5.97 Å². The van der Waals surface area contributed by atoms with Crippen molar-refractivity contribution in [2.24, 2.45) is 0 Å². The lowest BCUT2D eigenvalue weighted by molar-refractivity contribution is -0.114. The lowest BCUT2D eigenvalue weighted by Gasteiger charge is -2.16. The van der Waals surface area contributed by atoms with Gasteiger partial charge in [-0.1, -0.05) is 32.0 Å². The van der Waals surface area contributed by atoms with Gasteiger partial charge in [0.15, 0.2) is 0 Å². The Hall–Kier alpha value is -2.82. The predicted octanol–water partition coefficient (Wildman–Crippen LogP) is 4.43. The SMILES string of the molecule is CCOC(=O)c1ccc(NC(=O)CNc2ccccc2[C@H](C)CC)cc1. The molecule has 2 aromatic carbocycles. The minimum absolute atomic E-state index is 0.146. The normalized spacial score (nSPS) is 11.5. The molecule has 0 radical (unpaired) electrons. The summed E-state index contributed by atoms with van der Waals surface area (Å²) in [6, 6.07) is 14.7. The summed E-state index contributed by atoms with van der Waals surface area (Å²) in [7, 11) is 0. The fourth-order valence-corrected chi connectivity index (χ4v) is 2.59. The minimum atomic E-state index is -0.367. The van der Waals surface area contributed by atoms with Gasteiger partial charge in [-0.25, -0.2) is 4.79 Å². The van der Waals surface area contributed by atoms with Crippen molar-refractivity contribution < 1.29 is 14.3 Å². The Labute approximate surface area is 154 Å². The number of nitrogens with one attached hydrogen (secondary N) is 2. The van der Waals surface area contributed by atoms with Gasteiger partial charge in [-0.05, 0) is 55.2 Å². The van der Waals surface area contributed by atoms with E-state index in [0.29, 0.717) is 23.8 Å². The summed E-state index contributed by atoms with van der Waals surface area (Å²) in [6.07, 6.45) is 1.04. The summed E-state index contributed by atoms with van der Waals surface area (Å²) >= 11 is 0. The number of amides is 1. The van der Waals surface area contributed by atoms with Crippen molar-refractivity contribution in [2.75, 3.05) is 23.8 Å². The van der Waals surface area contributed by atoms with Gasteiger partial charge in [0.1, 0.15) is 0 Å². The second-order valence-electron chi connectivity index (χ2n) is 6.10. The van der Waals surface area contributed by atoms with Crippen molar-refractivity contribution in [2.45, 2.75) is 33.1 Å². The lowest BCUT2D eigenvalue weighted by Crippen LogP contribution is -2.22. The van der Waals surface area contributed by atoms with Crippen molar-refractivity contribution in [1.82, 2.24) is 0 Å². The Balaban J connectivity index is 1.92. The molecule has 0 bridgehead atoms. The van der Waals surface area contributed by atoms with Crippen LogP contribution in [0.2, 0.25) is 0 Å². The molecule has 0 fully saturated rings. The summed E-state index contributed by atoms with van der Waals surface area (Å²) in [5, 5.41) is 6.03. The van der Waals surface area contributed by atoms with E-state index in [1.165, 1.54) is 5.56 Å². The third-order valence-electron chi connectivity index (χ3n) is 4.22. The third kappa shape index (κ3) is 5.34. The Morgan fingerprint density at radius 3 is 2.38 bits per heavy atom. The molecule has 0 aliphatic carbocycles. The quantitative estimate of drug-likeness (QED) is 0.688. The van der Waals surface area contributed by atoms with Gasteiger partial charge in [-0.3, -0.25) is 4.79 Å². The van der Waals surface area contributed by atoms with E-state index in [9.17, 15) is 9.59 Å². The van der Waals surface area contributed by atoms with Gasteiger partial charge in [0, 0.05) is 11.4 Å². The third-order valence-corrected chi connectivity index (χ3v) is 4.22. The van der Waals surface area contributed by atoms with Crippen LogP contribution in [0, 0.1) is 0 Å². The Bertz CT molecular complexity index is 741. The van der Waals surface area contributed by atoms with Crippen LogP contribution < -0.4 is 10.6 Å². The fourth-order valence-electron chi connectivity index (χ4n) is 2.59. The zero-order valence-electron chi connectivity index (χ0n) is 15.5. The van der Waals surface area contributed by atoms with Gasteiger partial charge in [0.2, 0.25) is 5.91 Å². The summed E-state index contributed by atoms with van der Waals surface area (Å²) in [5.74, 6) is -0.0845. The second-order valence-corrected chi connectivity index (χ2v) is 6.10. The standard InChI is InChI=1S/C21H26N2O3/c1-4-15(3)18-8-6-7-9-19(18)22-14-20(24)23-17-12-10-16(11-13-17)21(25)26-5-2/h6-13,15,22H,4-5,14H2,1-3H3,(H,23,24)/t15-/m1/s1. The highest BCUT2D eigenvalue weighted by atomic mass is 16.5. The molecular formula is C21H26N2O3. The van der Waals surface area contributed by atoms with E-state index < -0.39 is 0 Å². The topological polar surface area (TPSA) is 67.4 Å². The zero-order valence-corrected chi connectivity index (χ0v) is 15.5. The van der Waals surface area contributed by atoms with Crippen LogP contribution in [0.5, 0.6) is 0 Å². The Morgan fingerprint density at radius 1 is 1.04 bits per heavy atom. The maximum atomic E-state index is 12.2. The number of anilines is 2. The Morgan fingerprint density at radius 2 is 1.73 bits per heavy atom. The first-order chi connectivity index (χ1) is 12.5. The van der Waals surface area contributed by atoms with Crippen LogP contribution >= 0.6 is 0 Å². The molecular weight excluding hydrogens is 328 g/mol. The fraction of sp³-hybridized carbons (Fsp3) is 0.333. The van der Waals surface area contributed by atoms with E-state index >= 15 is 0 Å². The number of benzene rings is 2. The molecule has 0 aliphatic rings. The van der Waals surface area contributed by atoms with Crippen LogP contribution in [0.4, 0.5) is 11.4 Å². The van der Waals surface area contributed by atoms with Crippen LogP contribution in [-0.2, 0) is 9.53 Å². The summed E-state index contributed by atoms with van der Waals surface area (Å²) in [4.78, 5) is 23.8. The number of carbonyl (C=O) groups is 2. The summed E-state index contributed by atoms with van der Waals surface area (Å²) < 4.78 is 4.94. The van der Waals surface area contributed by atoms with Crippen molar-refractivity contribution >= 4 is 23.3 Å². The number of para-hydroxylation sites is 1.